The van der Waals surface area contributed by atoms with E-state index in [0.29, 0.717) is 5.75 Å². The van der Waals surface area contributed by atoms with E-state index < -0.39 is 5.97 Å². The van der Waals surface area contributed by atoms with Crippen molar-refractivity contribution in [3.8, 4) is 5.75 Å². The van der Waals surface area contributed by atoms with Gasteiger partial charge in [0.15, 0.2) is 6.61 Å². The fraction of sp³-hybridized carbons (Fsp3) is 0.125. The molecule has 1 N–H and O–H groups in total. The van der Waals surface area contributed by atoms with Crippen LogP contribution in [0.1, 0.15) is 16.7 Å². The van der Waals surface area contributed by atoms with Crippen LogP contribution in [0.2, 0.25) is 0 Å². The molecule has 3 aromatic carbocycles. The first kappa shape index (κ1) is 22.7. The number of carboxylic acids is 1. The Labute approximate surface area is 197 Å². The summed E-state index contributed by atoms with van der Waals surface area (Å²) in [4.78, 5) is 11.8. The Bertz CT molecular complexity index is 1030. The van der Waals surface area contributed by atoms with Gasteiger partial charge in [-0.05, 0) is 59.5 Å². The van der Waals surface area contributed by atoms with Crippen molar-refractivity contribution in [3.05, 3.63) is 98.4 Å². The molecule has 0 radical (unpaired) electrons. The van der Waals surface area contributed by atoms with Gasteiger partial charge in [0, 0.05) is 19.6 Å². The highest BCUT2D eigenvalue weighted by Crippen LogP contribution is 2.34. The Morgan fingerprint density at radius 2 is 1.60 bits per heavy atom. The number of hydrogen-bond donors (Lipinski definition) is 1. The number of benzene rings is 3. The molecule has 0 unspecified atom stereocenters. The first-order valence-corrected chi connectivity index (χ1v) is 11.8. The maximum Gasteiger partial charge on any atom is 0.341 e. The number of carboxylic acid groups (broad SMARTS) is 1. The van der Waals surface area contributed by atoms with Crippen molar-refractivity contribution < 1.29 is 14.6 Å². The fourth-order valence-corrected chi connectivity index (χ4v) is 4.82. The van der Waals surface area contributed by atoms with Crippen LogP contribution in [0.3, 0.4) is 0 Å². The van der Waals surface area contributed by atoms with Crippen LogP contribution in [0.5, 0.6) is 5.75 Å². The summed E-state index contributed by atoms with van der Waals surface area (Å²) in [5.41, 5.74) is 4.35. The van der Waals surface area contributed by atoms with Crippen LogP contribution < -0.4 is 4.74 Å². The van der Waals surface area contributed by atoms with Gasteiger partial charge >= 0.3 is 5.97 Å². The SMILES string of the molecule is Cc1cc(SCC=C(c2ccccc2Br)c2ccccc2Br)ccc1OCC(=O)O. The summed E-state index contributed by atoms with van der Waals surface area (Å²) < 4.78 is 7.40. The van der Waals surface area contributed by atoms with E-state index >= 15 is 0 Å². The van der Waals surface area contributed by atoms with Crippen molar-refractivity contribution in [1.29, 1.82) is 0 Å². The van der Waals surface area contributed by atoms with Crippen molar-refractivity contribution in [1.82, 2.24) is 0 Å². The van der Waals surface area contributed by atoms with Crippen LogP contribution in [-0.2, 0) is 4.79 Å². The van der Waals surface area contributed by atoms with E-state index in [-0.39, 0.29) is 6.61 Å². The average molecular weight is 548 g/mol. The predicted molar refractivity (Wildman–Crippen MR) is 130 cm³/mol. The second kappa shape index (κ2) is 10.8. The molecule has 0 heterocycles. The second-order valence-electron chi connectivity index (χ2n) is 6.50. The summed E-state index contributed by atoms with van der Waals surface area (Å²) in [6, 6.07) is 22.2. The highest BCUT2D eigenvalue weighted by atomic mass is 79.9. The highest BCUT2D eigenvalue weighted by molar-refractivity contribution is 9.10. The molecule has 0 spiro atoms. The van der Waals surface area contributed by atoms with Gasteiger partial charge in [0.1, 0.15) is 5.75 Å². The number of halogens is 2. The lowest BCUT2D eigenvalue weighted by Crippen LogP contribution is -2.09. The lowest BCUT2D eigenvalue weighted by Gasteiger charge is -2.13. The quantitative estimate of drug-likeness (QED) is 0.303. The van der Waals surface area contributed by atoms with E-state index in [1.165, 1.54) is 0 Å². The van der Waals surface area contributed by atoms with E-state index in [1.807, 2.05) is 61.5 Å². The molecule has 3 nitrogen and oxygen atoms in total. The molecule has 0 fully saturated rings. The number of hydrogen-bond acceptors (Lipinski definition) is 3. The first-order valence-electron chi connectivity index (χ1n) is 9.23. The van der Waals surface area contributed by atoms with Gasteiger partial charge in [-0.2, -0.15) is 0 Å². The molecule has 0 amide bonds. The summed E-state index contributed by atoms with van der Waals surface area (Å²) in [6.45, 7) is 1.59. The molecule has 0 aliphatic rings. The summed E-state index contributed by atoms with van der Waals surface area (Å²) in [6.07, 6.45) is 2.23. The van der Waals surface area contributed by atoms with Crippen LogP contribution in [-0.4, -0.2) is 23.4 Å². The molecule has 0 saturated carbocycles. The van der Waals surface area contributed by atoms with Gasteiger partial charge in [0.2, 0.25) is 0 Å². The lowest BCUT2D eigenvalue weighted by molar-refractivity contribution is -0.139. The molecule has 0 aromatic heterocycles. The Morgan fingerprint density at radius 3 is 2.13 bits per heavy atom. The zero-order chi connectivity index (χ0) is 21.5. The number of thioether (sulfide) groups is 1. The molecule has 3 rings (SSSR count). The third-order valence-corrected chi connectivity index (χ3v) is 6.67. The third kappa shape index (κ3) is 6.00. The van der Waals surface area contributed by atoms with Gasteiger partial charge in [-0.25, -0.2) is 4.79 Å². The Kier molecular flexibility index (Phi) is 8.19. The number of rotatable bonds is 8. The summed E-state index contributed by atoms with van der Waals surface area (Å²) in [5.74, 6) is 0.399. The van der Waals surface area contributed by atoms with Crippen molar-refractivity contribution in [2.75, 3.05) is 12.4 Å². The average Bonchev–Trinajstić information content (AvgIpc) is 2.72. The molecule has 154 valence electrons. The standard InChI is InChI=1S/C24H20Br2O3S/c1-16-14-17(10-11-23(16)29-15-24(27)28)30-13-12-18(19-6-2-4-8-21(19)25)20-7-3-5-9-22(20)26/h2-12,14H,13,15H2,1H3,(H,27,28). The van der Waals surface area contributed by atoms with Crippen molar-refractivity contribution >= 4 is 55.2 Å². The number of aliphatic carboxylic acids is 1. The van der Waals surface area contributed by atoms with E-state index in [2.05, 4.69) is 50.1 Å². The maximum absolute atomic E-state index is 10.7. The van der Waals surface area contributed by atoms with Crippen LogP contribution in [0, 0.1) is 6.92 Å². The van der Waals surface area contributed by atoms with E-state index in [9.17, 15) is 4.79 Å². The molecule has 0 saturated heterocycles. The van der Waals surface area contributed by atoms with E-state index in [0.717, 1.165) is 41.9 Å². The van der Waals surface area contributed by atoms with Crippen molar-refractivity contribution in [2.45, 2.75) is 11.8 Å². The Hall–Kier alpha value is -2.02. The molecular formula is C24H20Br2O3S. The normalized spacial score (nSPS) is 10.5. The summed E-state index contributed by atoms with van der Waals surface area (Å²) in [7, 11) is 0. The van der Waals surface area contributed by atoms with Crippen molar-refractivity contribution in [3.63, 3.8) is 0 Å². The zero-order valence-electron chi connectivity index (χ0n) is 16.3. The zero-order valence-corrected chi connectivity index (χ0v) is 20.3. The smallest absolute Gasteiger partial charge is 0.341 e. The van der Waals surface area contributed by atoms with Gasteiger partial charge in [-0.3, -0.25) is 0 Å². The Morgan fingerprint density at radius 1 is 1.00 bits per heavy atom. The van der Waals surface area contributed by atoms with Crippen molar-refractivity contribution in [2.24, 2.45) is 0 Å². The summed E-state index contributed by atoms with van der Waals surface area (Å²) in [5, 5.41) is 8.77. The van der Waals surface area contributed by atoms with Crippen LogP contribution in [0.25, 0.3) is 5.57 Å². The van der Waals surface area contributed by atoms with E-state index in [4.69, 9.17) is 9.84 Å². The minimum Gasteiger partial charge on any atom is -0.482 e. The molecular weight excluding hydrogens is 528 g/mol. The fourth-order valence-electron chi connectivity index (χ4n) is 2.96. The third-order valence-electron chi connectivity index (χ3n) is 4.36. The van der Waals surface area contributed by atoms with Gasteiger partial charge in [0.05, 0.1) is 0 Å². The minimum atomic E-state index is -0.982. The molecule has 0 bridgehead atoms. The van der Waals surface area contributed by atoms with Gasteiger partial charge in [-0.15, -0.1) is 11.8 Å². The molecule has 0 aliphatic heterocycles. The van der Waals surface area contributed by atoms with Crippen LogP contribution in [0.4, 0.5) is 0 Å². The molecule has 3 aromatic rings. The lowest BCUT2D eigenvalue weighted by atomic mass is 9.98. The number of carbonyl (C=O) groups is 1. The van der Waals surface area contributed by atoms with Gasteiger partial charge < -0.3 is 9.84 Å². The highest BCUT2D eigenvalue weighted by Gasteiger charge is 2.11. The summed E-state index contributed by atoms with van der Waals surface area (Å²) >= 11 is 9.08. The topological polar surface area (TPSA) is 46.5 Å². The molecule has 0 aliphatic carbocycles. The second-order valence-corrected chi connectivity index (χ2v) is 9.30. The van der Waals surface area contributed by atoms with Crippen LogP contribution in [0.15, 0.2) is 86.6 Å². The van der Waals surface area contributed by atoms with Gasteiger partial charge in [-0.1, -0.05) is 74.3 Å². The van der Waals surface area contributed by atoms with E-state index in [1.54, 1.807) is 11.8 Å². The number of ether oxygens (including phenoxy) is 1. The Balaban J connectivity index is 1.82. The monoisotopic (exact) mass is 546 g/mol. The minimum absolute atomic E-state index is 0.336. The first-order chi connectivity index (χ1) is 14.5. The largest absolute Gasteiger partial charge is 0.482 e. The maximum atomic E-state index is 10.7. The number of aryl methyl sites for hydroxylation is 1. The van der Waals surface area contributed by atoms with Crippen LogP contribution >= 0.6 is 43.6 Å². The predicted octanol–water partition coefficient (Wildman–Crippen LogP) is 7.21. The molecule has 6 heteroatoms. The molecule has 0 atom stereocenters. The van der Waals surface area contributed by atoms with Gasteiger partial charge in [0.25, 0.3) is 0 Å². The molecule has 30 heavy (non-hydrogen) atoms.